The number of nitrogens with zero attached hydrogens (tertiary/aromatic N) is 5. The minimum atomic E-state index is -4.95. The number of nitriles is 1. The van der Waals surface area contributed by atoms with Crippen molar-refractivity contribution in [1.29, 1.82) is 5.26 Å². The summed E-state index contributed by atoms with van der Waals surface area (Å²) in [6.45, 7) is 6.56. The van der Waals surface area contributed by atoms with Gasteiger partial charge in [-0.3, -0.25) is 14.9 Å². The largest absolute Gasteiger partial charge is 0.573 e. The first-order valence-electron chi connectivity index (χ1n) is 13.9. The molecule has 1 spiro atoms. The van der Waals surface area contributed by atoms with Crippen LogP contribution in [0.15, 0.2) is 24.4 Å². The third-order valence-electron chi connectivity index (χ3n) is 7.78. The second-order valence-electron chi connectivity index (χ2n) is 12.8. The molecule has 5 rings (SSSR count). The second-order valence-corrected chi connectivity index (χ2v) is 13.2. The van der Waals surface area contributed by atoms with Crippen molar-refractivity contribution in [2.75, 3.05) is 13.1 Å². The number of carbonyl (C=O) groups is 3. The van der Waals surface area contributed by atoms with Crippen LogP contribution in [0.5, 0.6) is 5.75 Å². The van der Waals surface area contributed by atoms with Crippen molar-refractivity contribution < 1.29 is 37.0 Å². The summed E-state index contributed by atoms with van der Waals surface area (Å²) in [5.74, 6) is -1.37. The molecule has 1 aromatic heterocycles. The van der Waals surface area contributed by atoms with Crippen LogP contribution in [-0.4, -0.2) is 74.4 Å². The topological polar surface area (TPSA) is 151 Å². The van der Waals surface area contributed by atoms with E-state index in [-0.39, 0.29) is 34.7 Å². The maximum Gasteiger partial charge on any atom is 0.573 e. The van der Waals surface area contributed by atoms with Crippen LogP contribution in [0.2, 0.25) is 5.02 Å². The molecule has 2 aliphatic carbocycles. The number of likely N-dealkylation sites (tertiary alicyclic amines) is 1. The Morgan fingerprint density at radius 1 is 1.23 bits per heavy atom. The maximum absolute atomic E-state index is 13.3. The number of carbonyl (C=O) groups excluding carboxylic acids is 3. The summed E-state index contributed by atoms with van der Waals surface area (Å²) >= 11 is 6.00. The Morgan fingerprint density at radius 2 is 1.91 bits per heavy atom. The fourth-order valence-corrected chi connectivity index (χ4v) is 5.87. The van der Waals surface area contributed by atoms with Gasteiger partial charge >= 0.3 is 12.5 Å². The van der Waals surface area contributed by atoms with Crippen molar-refractivity contribution in [2.45, 2.75) is 82.1 Å². The standard InChI is InChI=1S/C28H31ClF3N7O5/c1-24(2,3)44-23(42)38-14-25(15-38)10-18(11-25)39-34-12-20(36-39)22(41)35-27(16-40,37-26(13-33)6-7-26)9-17-4-5-21(19(29)8-17)43-28(30,31)32/h4-5,8,12,16,18,37H,6-7,9-11,14-15H2,1-3H3,(H,35,41)/t27-/m1/s1. The minimum Gasteiger partial charge on any atom is -0.444 e. The highest BCUT2D eigenvalue weighted by Crippen LogP contribution is 2.53. The SMILES string of the molecule is CC(C)(C)OC(=O)N1CC2(CC(n3ncc(C(=O)N[C@](C=O)(Cc4ccc(OC(F)(F)F)c(Cl)c4)NC4(C#N)CC4)n3)C2)C1. The van der Waals surface area contributed by atoms with Gasteiger partial charge in [0.1, 0.15) is 16.9 Å². The molecule has 0 radical (unpaired) electrons. The zero-order valence-corrected chi connectivity index (χ0v) is 25.0. The zero-order chi connectivity index (χ0) is 32.1. The van der Waals surface area contributed by atoms with Crippen LogP contribution >= 0.6 is 11.6 Å². The Balaban J connectivity index is 1.25. The number of aromatic nitrogens is 3. The summed E-state index contributed by atoms with van der Waals surface area (Å²) in [6, 6.07) is 5.49. The highest BCUT2D eigenvalue weighted by atomic mass is 35.5. The molecule has 1 aromatic carbocycles. The van der Waals surface area contributed by atoms with Crippen molar-refractivity contribution in [1.82, 2.24) is 30.5 Å². The quantitative estimate of drug-likeness (QED) is 0.308. The molecule has 44 heavy (non-hydrogen) atoms. The lowest BCUT2D eigenvalue weighted by Crippen LogP contribution is -2.65. The van der Waals surface area contributed by atoms with Crippen LogP contribution in [0.25, 0.3) is 0 Å². The zero-order valence-electron chi connectivity index (χ0n) is 24.2. The average Bonchev–Trinajstić information content (AvgIpc) is 3.45. The predicted molar refractivity (Wildman–Crippen MR) is 147 cm³/mol. The normalized spacial score (nSPS) is 20.0. The van der Waals surface area contributed by atoms with E-state index in [0.717, 1.165) is 6.07 Å². The number of nitrogens with one attached hydrogen (secondary N) is 2. The van der Waals surface area contributed by atoms with Gasteiger partial charge in [-0.05, 0) is 64.2 Å². The molecule has 1 saturated heterocycles. The lowest BCUT2D eigenvalue weighted by atomic mass is 9.61. The van der Waals surface area contributed by atoms with Gasteiger partial charge < -0.3 is 19.7 Å². The number of ether oxygens (including phenoxy) is 2. The number of rotatable bonds is 9. The lowest BCUT2D eigenvalue weighted by Gasteiger charge is -2.58. The summed E-state index contributed by atoms with van der Waals surface area (Å²) < 4.78 is 47.3. The van der Waals surface area contributed by atoms with Crippen LogP contribution in [0, 0.1) is 16.7 Å². The summed E-state index contributed by atoms with van der Waals surface area (Å²) in [4.78, 5) is 41.2. The average molecular weight is 638 g/mol. The molecule has 2 amide bonds. The van der Waals surface area contributed by atoms with E-state index >= 15 is 0 Å². The highest BCUT2D eigenvalue weighted by molar-refractivity contribution is 6.32. The first-order chi connectivity index (χ1) is 20.5. The van der Waals surface area contributed by atoms with Gasteiger partial charge in [0.2, 0.25) is 0 Å². The molecule has 16 heteroatoms. The van der Waals surface area contributed by atoms with Gasteiger partial charge in [-0.25, -0.2) is 4.79 Å². The monoisotopic (exact) mass is 637 g/mol. The molecular weight excluding hydrogens is 607 g/mol. The number of halogens is 4. The van der Waals surface area contributed by atoms with Gasteiger partial charge in [0, 0.05) is 24.9 Å². The molecule has 0 bridgehead atoms. The van der Waals surface area contributed by atoms with Crippen molar-refractivity contribution in [3.8, 4) is 11.8 Å². The number of hydrogen-bond donors (Lipinski definition) is 2. The van der Waals surface area contributed by atoms with E-state index in [2.05, 4.69) is 31.6 Å². The lowest BCUT2D eigenvalue weighted by molar-refractivity contribution is -0.274. The molecule has 2 N–H and O–H groups in total. The summed E-state index contributed by atoms with van der Waals surface area (Å²) in [6.07, 6.45) is -1.57. The summed E-state index contributed by atoms with van der Waals surface area (Å²) in [5, 5.41) is 23.4. The number of amides is 2. The molecule has 3 fully saturated rings. The number of aldehydes is 1. The van der Waals surface area contributed by atoms with Crippen LogP contribution in [0.4, 0.5) is 18.0 Å². The first-order valence-corrected chi connectivity index (χ1v) is 14.3. The van der Waals surface area contributed by atoms with Gasteiger partial charge in [0.15, 0.2) is 17.6 Å². The van der Waals surface area contributed by atoms with E-state index in [1.54, 1.807) is 4.90 Å². The van der Waals surface area contributed by atoms with E-state index in [9.17, 15) is 32.8 Å². The number of benzene rings is 1. The van der Waals surface area contributed by atoms with Crippen LogP contribution in [-0.2, 0) is 16.0 Å². The molecule has 2 saturated carbocycles. The smallest absolute Gasteiger partial charge is 0.444 e. The predicted octanol–water partition coefficient (Wildman–Crippen LogP) is 3.92. The third kappa shape index (κ3) is 6.91. The van der Waals surface area contributed by atoms with Crippen LogP contribution in [0.3, 0.4) is 0 Å². The highest BCUT2D eigenvalue weighted by Gasteiger charge is 2.56. The van der Waals surface area contributed by atoms with Gasteiger partial charge in [-0.15, -0.1) is 18.3 Å². The molecule has 1 aliphatic heterocycles. The number of hydrogen-bond acceptors (Lipinski definition) is 9. The fraction of sp³-hybridized carbons (Fsp3) is 0.571. The van der Waals surface area contributed by atoms with Crippen molar-refractivity contribution in [2.24, 2.45) is 5.41 Å². The Labute approximate surface area is 255 Å². The second kappa shape index (κ2) is 10.9. The van der Waals surface area contributed by atoms with E-state index in [1.807, 2.05) is 20.8 Å². The Bertz CT molecular complexity index is 1500. The maximum atomic E-state index is 13.3. The van der Waals surface area contributed by atoms with E-state index < -0.39 is 34.8 Å². The minimum absolute atomic E-state index is 0.0495. The van der Waals surface area contributed by atoms with Gasteiger partial charge in [-0.1, -0.05) is 17.7 Å². The molecular formula is C28H31ClF3N7O5. The summed E-state index contributed by atoms with van der Waals surface area (Å²) in [7, 11) is 0. The van der Waals surface area contributed by atoms with Gasteiger partial charge in [-0.2, -0.15) is 15.2 Å². The van der Waals surface area contributed by atoms with Crippen LogP contribution < -0.4 is 15.4 Å². The Kier molecular flexibility index (Phi) is 7.82. The van der Waals surface area contributed by atoms with E-state index in [1.165, 1.54) is 23.1 Å². The fourth-order valence-electron chi connectivity index (χ4n) is 5.62. The Morgan fingerprint density at radius 3 is 2.45 bits per heavy atom. The molecule has 0 unspecified atom stereocenters. The Hall–Kier alpha value is -3.90. The number of alkyl halides is 3. The summed E-state index contributed by atoms with van der Waals surface area (Å²) in [5.41, 5.74) is -3.29. The molecule has 12 nitrogen and oxygen atoms in total. The first kappa shape index (κ1) is 31.5. The third-order valence-corrected chi connectivity index (χ3v) is 8.07. The van der Waals surface area contributed by atoms with Gasteiger partial charge in [0.05, 0.1) is 23.3 Å². The molecule has 2 aromatic rings. The van der Waals surface area contributed by atoms with E-state index in [4.69, 9.17) is 16.3 Å². The van der Waals surface area contributed by atoms with Gasteiger partial charge in [0.25, 0.3) is 5.91 Å². The molecule has 1 atom stereocenters. The van der Waals surface area contributed by atoms with Crippen LogP contribution in [0.1, 0.15) is 68.5 Å². The van der Waals surface area contributed by atoms with Crippen molar-refractivity contribution >= 4 is 29.9 Å². The molecule has 2 heterocycles. The van der Waals surface area contributed by atoms with Crippen molar-refractivity contribution in [3.63, 3.8) is 0 Å². The van der Waals surface area contributed by atoms with E-state index in [0.29, 0.717) is 50.6 Å². The van der Waals surface area contributed by atoms with Crippen molar-refractivity contribution in [3.05, 3.63) is 40.7 Å². The molecule has 236 valence electrons. The molecule has 3 aliphatic rings.